The minimum absolute atomic E-state index is 0.234. The third-order valence-electron chi connectivity index (χ3n) is 2.36. The Kier molecular flexibility index (Phi) is 5.31. The van der Waals surface area contributed by atoms with Gasteiger partial charge in [0.2, 0.25) is 5.91 Å². The highest BCUT2D eigenvalue weighted by Crippen LogP contribution is 2.12. The number of methoxy groups -OCH3 is 1. The predicted molar refractivity (Wildman–Crippen MR) is 62.8 cm³/mol. The summed E-state index contributed by atoms with van der Waals surface area (Å²) in [4.78, 5) is 22.7. The van der Waals surface area contributed by atoms with Gasteiger partial charge in [0.1, 0.15) is 0 Å². The summed E-state index contributed by atoms with van der Waals surface area (Å²) >= 11 is 0. The summed E-state index contributed by atoms with van der Waals surface area (Å²) < 4.78 is 6.31. The summed E-state index contributed by atoms with van der Waals surface area (Å²) in [6, 6.07) is -1.06. The number of amides is 1. The third kappa shape index (κ3) is 4.17. The summed E-state index contributed by atoms with van der Waals surface area (Å²) in [5, 5.41) is 15.4. The average Bonchev–Trinajstić information content (AvgIpc) is 2.72. The third-order valence-corrected chi connectivity index (χ3v) is 2.36. The number of carbonyl (C=O) groups is 2. The van der Waals surface area contributed by atoms with Crippen molar-refractivity contribution in [3.05, 3.63) is 18.0 Å². The number of aromatic nitrogens is 2. The van der Waals surface area contributed by atoms with Gasteiger partial charge in [-0.25, -0.2) is 4.79 Å². The molecule has 0 aliphatic carbocycles. The first-order valence-electron chi connectivity index (χ1n) is 5.54. The summed E-state index contributed by atoms with van der Waals surface area (Å²) in [6.07, 6.45) is 3.78. The summed E-state index contributed by atoms with van der Waals surface area (Å²) in [7, 11) is 3.23. The minimum atomic E-state index is -1.11. The Hall–Kier alpha value is -1.89. The molecule has 7 nitrogen and oxygen atoms in total. The first kappa shape index (κ1) is 14.2. The lowest BCUT2D eigenvalue weighted by Gasteiger charge is -2.12. The molecular formula is C11H17N3O4. The molecule has 1 unspecified atom stereocenters. The van der Waals surface area contributed by atoms with Crippen LogP contribution in [0.4, 0.5) is 0 Å². The van der Waals surface area contributed by atoms with Gasteiger partial charge in [-0.15, -0.1) is 0 Å². The molecule has 0 aromatic carbocycles. The zero-order valence-corrected chi connectivity index (χ0v) is 10.4. The van der Waals surface area contributed by atoms with E-state index in [-0.39, 0.29) is 12.3 Å². The molecule has 18 heavy (non-hydrogen) atoms. The van der Waals surface area contributed by atoms with E-state index < -0.39 is 12.0 Å². The standard InChI is InChI=1S/C11H17N3O4/c1-14-7-8(6-12-14)10(11(16)17)13-9(15)4-3-5-18-2/h6-7,10H,3-5H2,1-2H3,(H,13,15)(H,16,17). The molecule has 1 heterocycles. The summed E-state index contributed by atoms with van der Waals surface area (Å²) in [6.45, 7) is 0.470. The molecule has 0 aliphatic rings. The number of ether oxygens (including phenoxy) is 1. The lowest BCUT2D eigenvalue weighted by Crippen LogP contribution is -2.33. The fourth-order valence-corrected chi connectivity index (χ4v) is 1.49. The molecule has 1 aromatic heterocycles. The number of hydrogen-bond acceptors (Lipinski definition) is 4. The Morgan fingerprint density at radius 3 is 2.83 bits per heavy atom. The molecule has 0 saturated heterocycles. The number of nitrogens with zero attached hydrogens (tertiary/aromatic N) is 2. The van der Waals surface area contributed by atoms with Crippen molar-refractivity contribution in [2.75, 3.05) is 13.7 Å². The highest BCUT2D eigenvalue weighted by molar-refractivity contribution is 5.84. The van der Waals surface area contributed by atoms with Gasteiger partial charge in [-0.2, -0.15) is 5.10 Å². The maximum absolute atomic E-state index is 11.6. The fourth-order valence-electron chi connectivity index (χ4n) is 1.49. The van der Waals surface area contributed by atoms with Crippen molar-refractivity contribution in [2.24, 2.45) is 7.05 Å². The van der Waals surface area contributed by atoms with Gasteiger partial charge in [-0.1, -0.05) is 0 Å². The van der Waals surface area contributed by atoms with Crippen molar-refractivity contribution in [3.8, 4) is 0 Å². The highest BCUT2D eigenvalue weighted by atomic mass is 16.5. The molecule has 1 rings (SSSR count). The van der Waals surface area contributed by atoms with E-state index in [0.29, 0.717) is 18.6 Å². The molecule has 7 heteroatoms. The second kappa shape index (κ2) is 6.75. The van der Waals surface area contributed by atoms with Crippen LogP contribution in [0.3, 0.4) is 0 Å². The largest absolute Gasteiger partial charge is 0.479 e. The van der Waals surface area contributed by atoms with E-state index in [1.54, 1.807) is 20.4 Å². The van der Waals surface area contributed by atoms with Crippen LogP contribution in [0.1, 0.15) is 24.4 Å². The van der Waals surface area contributed by atoms with Crippen molar-refractivity contribution in [1.29, 1.82) is 0 Å². The second-order valence-electron chi connectivity index (χ2n) is 3.88. The van der Waals surface area contributed by atoms with E-state index in [9.17, 15) is 9.59 Å². The van der Waals surface area contributed by atoms with Gasteiger partial charge in [0.05, 0.1) is 6.20 Å². The van der Waals surface area contributed by atoms with E-state index in [1.807, 2.05) is 0 Å². The Morgan fingerprint density at radius 1 is 1.61 bits per heavy atom. The van der Waals surface area contributed by atoms with Gasteiger partial charge in [0.25, 0.3) is 0 Å². The van der Waals surface area contributed by atoms with Crippen LogP contribution >= 0.6 is 0 Å². The Balaban J connectivity index is 2.59. The van der Waals surface area contributed by atoms with Gasteiger partial charge in [-0.3, -0.25) is 9.48 Å². The Bertz CT molecular complexity index is 416. The van der Waals surface area contributed by atoms with E-state index in [2.05, 4.69) is 10.4 Å². The smallest absolute Gasteiger partial charge is 0.331 e. The van der Waals surface area contributed by atoms with Crippen LogP contribution in [0.2, 0.25) is 0 Å². The molecule has 1 aromatic rings. The van der Waals surface area contributed by atoms with E-state index in [0.717, 1.165) is 0 Å². The monoisotopic (exact) mass is 255 g/mol. The molecule has 0 saturated carbocycles. The number of nitrogens with one attached hydrogen (secondary N) is 1. The van der Waals surface area contributed by atoms with Gasteiger partial charge >= 0.3 is 5.97 Å². The number of carboxylic acids is 1. The van der Waals surface area contributed by atoms with Crippen LogP contribution in [0.15, 0.2) is 12.4 Å². The SMILES string of the molecule is COCCCC(=O)NC(C(=O)O)c1cnn(C)c1. The minimum Gasteiger partial charge on any atom is -0.479 e. The Morgan fingerprint density at radius 2 is 2.33 bits per heavy atom. The quantitative estimate of drug-likeness (QED) is 0.673. The zero-order chi connectivity index (χ0) is 13.5. The van der Waals surface area contributed by atoms with Crippen LogP contribution in [0, 0.1) is 0 Å². The summed E-state index contributed by atoms with van der Waals surface area (Å²) in [5.41, 5.74) is 0.449. The van der Waals surface area contributed by atoms with Crippen molar-refractivity contribution in [1.82, 2.24) is 15.1 Å². The molecule has 2 N–H and O–H groups in total. The molecule has 0 radical (unpaired) electrons. The number of aryl methyl sites for hydroxylation is 1. The molecule has 0 spiro atoms. The van der Waals surface area contributed by atoms with Crippen molar-refractivity contribution in [2.45, 2.75) is 18.9 Å². The van der Waals surface area contributed by atoms with Gasteiger partial charge in [-0.05, 0) is 6.42 Å². The molecule has 0 aliphatic heterocycles. The molecule has 100 valence electrons. The molecule has 0 bridgehead atoms. The van der Waals surface area contributed by atoms with Crippen molar-refractivity contribution in [3.63, 3.8) is 0 Å². The molecule has 0 fully saturated rings. The normalized spacial score (nSPS) is 12.1. The molecule has 1 atom stereocenters. The lowest BCUT2D eigenvalue weighted by atomic mass is 10.1. The topological polar surface area (TPSA) is 93.4 Å². The van der Waals surface area contributed by atoms with E-state index in [1.165, 1.54) is 10.9 Å². The van der Waals surface area contributed by atoms with Gasteiger partial charge in [0, 0.05) is 38.9 Å². The lowest BCUT2D eigenvalue weighted by molar-refractivity contribution is -0.142. The number of hydrogen-bond donors (Lipinski definition) is 2. The number of aliphatic carboxylic acids is 1. The van der Waals surface area contributed by atoms with Gasteiger partial charge in [0.15, 0.2) is 6.04 Å². The maximum Gasteiger partial charge on any atom is 0.331 e. The summed E-state index contributed by atoms with van der Waals surface area (Å²) in [5.74, 6) is -1.42. The first-order valence-corrected chi connectivity index (χ1v) is 5.54. The van der Waals surface area contributed by atoms with E-state index >= 15 is 0 Å². The van der Waals surface area contributed by atoms with Crippen molar-refractivity contribution < 1.29 is 19.4 Å². The van der Waals surface area contributed by atoms with Crippen LogP contribution in [-0.2, 0) is 21.4 Å². The van der Waals surface area contributed by atoms with Crippen LogP contribution < -0.4 is 5.32 Å². The van der Waals surface area contributed by atoms with Crippen molar-refractivity contribution >= 4 is 11.9 Å². The second-order valence-corrected chi connectivity index (χ2v) is 3.88. The van der Waals surface area contributed by atoms with Crippen LogP contribution in [0.25, 0.3) is 0 Å². The van der Waals surface area contributed by atoms with E-state index in [4.69, 9.17) is 9.84 Å². The highest BCUT2D eigenvalue weighted by Gasteiger charge is 2.23. The molecule has 1 amide bonds. The predicted octanol–water partition coefficient (Wildman–Crippen LogP) is 0.0886. The number of carbonyl (C=O) groups excluding carboxylic acids is 1. The Labute approximate surface area is 105 Å². The number of carboxylic acid groups (broad SMARTS) is 1. The maximum atomic E-state index is 11.6. The number of rotatable bonds is 7. The van der Waals surface area contributed by atoms with Crippen LogP contribution in [0.5, 0.6) is 0 Å². The first-order chi connectivity index (χ1) is 8.54. The van der Waals surface area contributed by atoms with Gasteiger partial charge < -0.3 is 15.2 Å². The van der Waals surface area contributed by atoms with Crippen LogP contribution in [-0.4, -0.2) is 40.5 Å². The fraction of sp³-hybridized carbons (Fsp3) is 0.545. The average molecular weight is 255 g/mol. The molecular weight excluding hydrogens is 238 g/mol. The zero-order valence-electron chi connectivity index (χ0n) is 10.4.